The van der Waals surface area contributed by atoms with Gasteiger partial charge in [0, 0.05) is 17.8 Å². The summed E-state index contributed by atoms with van der Waals surface area (Å²) in [5.74, 6) is 0.837. The highest BCUT2D eigenvalue weighted by atomic mass is 32.2. The molecule has 1 amide bonds. The van der Waals surface area contributed by atoms with Crippen LogP contribution in [0.3, 0.4) is 0 Å². The zero-order valence-electron chi connectivity index (χ0n) is 15.5. The second kappa shape index (κ2) is 8.26. The Morgan fingerprint density at radius 1 is 1.15 bits per heavy atom. The Labute approximate surface area is 162 Å². The van der Waals surface area contributed by atoms with E-state index in [9.17, 15) is 9.90 Å². The first-order valence-corrected chi connectivity index (χ1v) is 9.62. The number of anilines is 1. The number of aryl methyl sites for hydroxylation is 1. The number of carbonyl (C=O) groups excluding carboxylic acids is 1. The van der Waals surface area contributed by atoms with Crippen LogP contribution in [-0.4, -0.2) is 31.0 Å². The minimum atomic E-state index is -0.325. The molecule has 2 aromatic carbocycles. The summed E-state index contributed by atoms with van der Waals surface area (Å²) in [7, 11) is 0. The Bertz CT molecular complexity index is 920. The number of thioether (sulfide) groups is 1. The van der Waals surface area contributed by atoms with Crippen molar-refractivity contribution < 1.29 is 9.90 Å². The molecule has 3 rings (SSSR count). The molecule has 1 unspecified atom stereocenters. The van der Waals surface area contributed by atoms with Crippen molar-refractivity contribution in [2.75, 3.05) is 5.32 Å². The van der Waals surface area contributed by atoms with Crippen LogP contribution >= 0.6 is 11.8 Å². The van der Waals surface area contributed by atoms with Crippen molar-refractivity contribution in [1.29, 1.82) is 0 Å². The summed E-state index contributed by atoms with van der Waals surface area (Å²) >= 11 is 1.37. The summed E-state index contributed by atoms with van der Waals surface area (Å²) in [6.45, 7) is 6.54. The van der Waals surface area contributed by atoms with Crippen LogP contribution in [0.1, 0.15) is 19.4 Å². The molecular weight excluding hydrogens is 360 g/mol. The number of rotatable bonds is 6. The second-order valence-electron chi connectivity index (χ2n) is 6.21. The molecule has 0 radical (unpaired) electrons. The summed E-state index contributed by atoms with van der Waals surface area (Å²) in [6.07, 6.45) is 0. The van der Waals surface area contributed by atoms with Gasteiger partial charge < -0.3 is 15.0 Å². The highest BCUT2D eigenvalue weighted by molar-refractivity contribution is 8.00. The van der Waals surface area contributed by atoms with Gasteiger partial charge in [-0.15, -0.1) is 10.2 Å². The van der Waals surface area contributed by atoms with E-state index in [0.29, 0.717) is 17.5 Å². The molecule has 27 heavy (non-hydrogen) atoms. The molecule has 0 bridgehead atoms. The smallest absolute Gasteiger partial charge is 0.237 e. The summed E-state index contributed by atoms with van der Waals surface area (Å²) < 4.78 is 1.96. The molecule has 0 saturated heterocycles. The lowest BCUT2D eigenvalue weighted by Gasteiger charge is -2.13. The second-order valence-corrected chi connectivity index (χ2v) is 7.52. The fraction of sp³-hybridized carbons (Fsp3) is 0.250. The van der Waals surface area contributed by atoms with Crippen LogP contribution in [0.4, 0.5) is 5.69 Å². The van der Waals surface area contributed by atoms with Gasteiger partial charge in [-0.3, -0.25) is 4.79 Å². The van der Waals surface area contributed by atoms with E-state index in [-0.39, 0.29) is 16.9 Å². The molecule has 7 heteroatoms. The van der Waals surface area contributed by atoms with Gasteiger partial charge in [-0.05, 0) is 57.2 Å². The first-order chi connectivity index (χ1) is 13.0. The lowest BCUT2D eigenvalue weighted by atomic mass is 10.2. The number of phenols is 1. The maximum atomic E-state index is 12.5. The van der Waals surface area contributed by atoms with Crippen LogP contribution in [0.2, 0.25) is 0 Å². The number of benzene rings is 2. The van der Waals surface area contributed by atoms with Gasteiger partial charge in [-0.1, -0.05) is 29.5 Å². The van der Waals surface area contributed by atoms with E-state index in [1.165, 1.54) is 11.8 Å². The Hall–Kier alpha value is -2.80. The maximum absolute atomic E-state index is 12.5. The third kappa shape index (κ3) is 4.49. The molecule has 0 aliphatic heterocycles. The third-order valence-electron chi connectivity index (χ3n) is 4.13. The Balaban J connectivity index is 1.73. The van der Waals surface area contributed by atoms with Crippen LogP contribution in [0, 0.1) is 6.92 Å². The van der Waals surface area contributed by atoms with E-state index in [1.54, 1.807) is 24.3 Å². The van der Waals surface area contributed by atoms with Crippen LogP contribution < -0.4 is 5.32 Å². The highest BCUT2D eigenvalue weighted by Gasteiger charge is 2.20. The van der Waals surface area contributed by atoms with E-state index in [2.05, 4.69) is 15.5 Å². The van der Waals surface area contributed by atoms with Crippen molar-refractivity contribution in [1.82, 2.24) is 14.8 Å². The van der Waals surface area contributed by atoms with Gasteiger partial charge >= 0.3 is 0 Å². The van der Waals surface area contributed by atoms with Gasteiger partial charge in [0.05, 0.1) is 5.25 Å². The van der Waals surface area contributed by atoms with E-state index in [0.717, 1.165) is 16.8 Å². The largest absolute Gasteiger partial charge is 0.508 e. The number of aromatic nitrogens is 3. The maximum Gasteiger partial charge on any atom is 0.237 e. The molecule has 0 aliphatic carbocycles. The van der Waals surface area contributed by atoms with Crippen molar-refractivity contribution >= 4 is 23.4 Å². The molecule has 0 saturated carbocycles. The van der Waals surface area contributed by atoms with Crippen LogP contribution in [0.5, 0.6) is 5.75 Å². The quantitative estimate of drug-likeness (QED) is 0.628. The molecule has 140 valence electrons. The molecule has 1 atom stereocenters. The lowest BCUT2D eigenvalue weighted by molar-refractivity contribution is -0.115. The number of phenolic OH excluding ortho intramolecular Hbond substituents is 1. The lowest BCUT2D eigenvalue weighted by Crippen LogP contribution is -2.22. The molecule has 1 aromatic heterocycles. The normalized spacial score (nSPS) is 12.0. The molecule has 6 nitrogen and oxygen atoms in total. The summed E-state index contributed by atoms with van der Waals surface area (Å²) in [6, 6.07) is 14.5. The van der Waals surface area contributed by atoms with Crippen LogP contribution in [0.15, 0.2) is 53.7 Å². The molecular formula is C20H22N4O2S. The van der Waals surface area contributed by atoms with E-state index in [1.807, 2.05) is 49.6 Å². The number of aromatic hydroxyl groups is 1. The zero-order chi connectivity index (χ0) is 19.4. The SMILES string of the molecule is CCn1c(SC(C)C(=O)Nc2ccc(C)cc2)nnc1-c1ccc(O)cc1. The van der Waals surface area contributed by atoms with Crippen LogP contribution in [0.25, 0.3) is 11.4 Å². The van der Waals surface area contributed by atoms with Gasteiger partial charge in [0.25, 0.3) is 0 Å². The molecule has 0 aliphatic rings. The fourth-order valence-corrected chi connectivity index (χ4v) is 3.49. The Morgan fingerprint density at radius 2 is 1.81 bits per heavy atom. The van der Waals surface area contributed by atoms with Crippen molar-refractivity contribution in [3.63, 3.8) is 0 Å². The Kier molecular flexibility index (Phi) is 5.81. The first-order valence-electron chi connectivity index (χ1n) is 8.74. The monoisotopic (exact) mass is 382 g/mol. The van der Waals surface area contributed by atoms with Crippen molar-refractivity contribution in [3.05, 3.63) is 54.1 Å². The van der Waals surface area contributed by atoms with Crippen molar-refractivity contribution in [2.45, 2.75) is 37.7 Å². The minimum absolute atomic E-state index is 0.0827. The minimum Gasteiger partial charge on any atom is -0.508 e. The van der Waals surface area contributed by atoms with Gasteiger partial charge in [0.1, 0.15) is 5.75 Å². The number of hydrogen-bond donors (Lipinski definition) is 2. The molecule has 0 spiro atoms. The van der Waals surface area contributed by atoms with Crippen LogP contribution in [-0.2, 0) is 11.3 Å². The zero-order valence-corrected chi connectivity index (χ0v) is 16.3. The average molecular weight is 382 g/mol. The molecule has 2 N–H and O–H groups in total. The van der Waals surface area contributed by atoms with E-state index < -0.39 is 0 Å². The van der Waals surface area contributed by atoms with Crippen molar-refractivity contribution in [3.8, 4) is 17.1 Å². The molecule has 3 aromatic rings. The predicted octanol–water partition coefficient (Wildman–Crippen LogP) is 4.10. The number of hydrogen-bond acceptors (Lipinski definition) is 5. The number of nitrogens with one attached hydrogen (secondary N) is 1. The molecule has 0 fully saturated rings. The highest BCUT2D eigenvalue weighted by Crippen LogP contribution is 2.28. The standard InChI is InChI=1S/C20H22N4O2S/c1-4-24-18(15-7-11-17(25)12-8-15)22-23-20(24)27-14(3)19(26)21-16-9-5-13(2)6-10-16/h5-12,14,25H,4H2,1-3H3,(H,21,26). The topological polar surface area (TPSA) is 80.0 Å². The number of amides is 1. The summed E-state index contributed by atoms with van der Waals surface area (Å²) in [4.78, 5) is 12.5. The summed E-state index contributed by atoms with van der Waals surface area (Å²) in [5, 5.41) is 21.3. The van der Waals surface area contributed by atoms with Gasteiger partial charge in [-0.25, -0.2) is 0 Å². The van der Waals surface area contributed by atoms with E-state index in [4.69, 9.17) is 0 Å². The average Bonchev–Trinajstić information content (AvgIpc) is 3.06. The predicted molar refractivity (Wildman–Crippen MR) is 108 cm³/mol. The first kappa shape index (κ1) is 19.0. The summed E-state index contributed by atoms with van der Waals surface area (Å²) in [5.41, 5.74) is 2.79. The number of carbonyl (C=O) groups is 1. The van der Waals surface area contributed by atoms with Gasteiger partial charge in [0.15, 0.2) is 11.0 Å². The Morgan fingerprint density at radius 3 is 2.44 bits per heavy atom. The van der Waals surface area contributed by atoms with E-state index >= 15 is 0 Å². The van der Waals surface area contributed by atoms with Gasteiger partial charge in [0.2, 0.25) is 5.91 Å². The third-order valence-corrected chi connectivity index (χ3v) is 5.21. The van der Waals surface area contributed by atoms with Gasteiger partial charge in [-0.2, -0.15) is 0 Å². The van der Waals surface area contributed by atoms with Crippen molar-refractivity contribution in [2.24, 2.45) is 0 Å². The fourth-order valence-electron chi connectivity index (χ4n) is 2.58. The molecule has 1 heterocycles. The number of nitrogens with zero attached hydrogens (tertiary/aromatic N) is 3.